The minimum absolute atomic E-state index is 0.138. The van der Waals surface area contributed by atoms with Gasteiger partial charge in [-0.05, 0) is 65.2 Å². The van der Waals surface area contributed by atoms with Crippen molar-refractivity contribution in [2.24, 2.45) is 0 Å². The highest BCUT2D eigenvalue weighted by Crippen LogP contribution is 2.31. The van der Waals surface area contributed by atoms with Crippen molar-refractivity contribution in [2.45, 2.75) is 19.9 Å². The average molecular weight is 404 g/mol. The third kappa shape index (κ3) is 3.74. The first-order chi connectivity index (χ1) is 8.97. The molecule has 100 valence electrons. The molecule has 0 aliphatic carbocycles. The molecule has 2 aromatic rings. The lowest BCUT2D eigenvalue weighted by molar-refractivity contribution is 0.883. The second kappa shape index (κ2) is 6.29. The van der Waals surface area contributed by atoms with E-state index in [1.807, 2.05) is 24.3 Å². The molecule has 4 heteroatoms. The lowest BCUT2D eigenvalue weighted by atomic mass is 10.1. The number of rotatable bonds is 3. The van der Waals surface area contributed by atoms with Crippen molar-refractivity contribution in [3.05, 3.63) is 61.5 Å². The number of nitrogens with one attached hydrogen (secondary N) is 1. The molecule has 19 heavy (non-hydrogen) atoms. The molecule has 0 spiro atoms. The lowest BCUT2D eigenvalue weighted by Crippen LogP contribution is -2.07. The first kappa shape index (κ1) is 14.9. The van der Waals surface area contributed by atoms with Crippen molar-refractivity contribution in [3.63, 3.8) is 0 Å². The number of aryl methyl sites for hydroxylation is 1. The van der Waals surface area contributed by atoms with Gasteiger partial charge in [0.15, 0.2) is 0 Å². The highest BCUT2D eigenvalue weighted by molar-refractivity contribution is 9.10. The normalized spacial score (nSPS) is 12.3. The SMILES string of the molecule is Cc1ccc(Br)c(NC(C)c2ccc(Br)cc2Cl)c1. The van der Waals surface area contributed by atoms with Gasteiger partial charge in [0, 0.05) is 19.7 Å². The summed E-state index contributed by atoms with van der Waals surface area (Å²) in [6.07, 6.45) is 0. The van der Waals surface area contributed by atoms with Crippen LogP contribution in [0.15, 0.2) is 45.3 Å². The second-order valence-corrected chi connectivity index (χ2v) is 6.69. The van der Waals surface area contributed by atoms with Crippen LogP contribution in [0.1, 0.15) is 24.1 Å². The van der Waals surface area contributed by atoms with E-state index in [0.717, 1.165) is 25.2 Å². The van der Waals surface area contributed by atoms with Gasteiger partial charge in [0.05, 0.1) is 6.04 Å². The maximum atomic E-state index is 6.28. The molecule has 0 amide bonds. The molecule has 0 heterocycles. The lowest BCUT2D eigenvalue weighted by Gasteiger charge is -2.18. The quantitative estimate of drug-likeness (QED) is 0.630. The molecule has 0 bridgehead atoms. The van der Waals surface area contributed by atoms with Crippen LogP contribution < -0.4 is 5.32 Å². The van der Waals surface area contributed by atoms with Crippen LogP contribution in [-0.2, 0) is 0 Å². The highest BCUT2D eigenvalue weighted by atomic mass is 79.9. The minimum atomic E-state index is 0.138. The van der Waals surface area contributed by atoms with Crippen molar-refractivity contribution in [3.8, 4) is 0 Å². The summed E-state index contributed by atoms with van der Waals surface area (Å²) in [5.74, 6) is 0. The fraction of sp³-hybridized carbons (Fsp3) is 0.200. The molecular formula is C15H14Br2ClN. The van der Waals surface area contributed by atoms with Gasteiger partial charge in [-0.15, -0.1) is 0 Å². The zero-order valence-corrected chi connectivity index (χ0v) is 14.6. The third-order valence-corrected chi connectivity index (χ3v) is 4.43. The summed E-state index contributed by atoms with van der Waals surface area (Å²) in [5, 5.41) is 4.24. The maximum absolute atomic E-state index is 6.28. The molecule has 1 N–H and O–H groups in total. The van der Waals surface area contributed by atoms with Crippen LogP contribution in [0.4, 0.5) is 5.69 Å². The van der Waals surface area contributed by atoms with Gasteiger partial charge in [-0.25, -0.2) is 0 Å². The number of benzene rings is 2. The number of anilines is 1. The van der Waals surface area contributed by atoms with Gasteiger partial charge in [-0.1, -0.05) is 39.7 Å². The smallest absolute Gasteiger partial charge is 0.0500 e. The predicted molar refractivity (Wildman–Crippen MR) is 90.1 cm³/mol. The van der Waals surface area contributed by atoms with Crippen molar-refractivity contribution >= 4 is 49.1 Å². The summed E-state index contributed by atoms with van der Waals surface area (Å²) >= 11 is 13.3. The molecule has 0 saturated heterocycles. The van der Waals surface area contributed by atoms with Crippen LogP contribution in [0.25, 0.3) is 0 Å². The van der Waals surface area contributed by atoms with Crippen molar-refractivity contribution in [1.82, 2.24) is 0 Å². The molecule has 2 aromatic carbocycles. The summed E-state index contributed by atoms with van der Waals surface area (Å²) in [7, 11) is 0. The zero-order chi connectivity index (χ0) is 14.0. The largest absolute Gasteiger partial charge is 0.378 e. The second-order valence-electron chi connectivity index (χ2n) is 4.52. The van der Waals surface area contributed by atoms with Crippen molar-refractivity contribution in [1.29, 1.82) is 0 Å². The standard InChI is InChI=1S/C15H14Br2ClN/c1-9-3-6-13(17)15(7-9)19-10(2)12-5-4-11(16)8-14(12)18/h3-8,10,19H,1-2H3. The molecule has 1 unspecified atom stereocenters. The Morgan fingerprint density at radius 3 is 2.53 bits per heavy atom. The molecule has 0 aromatic heterocycles. The topological polar surface area (TPSA) is 12.0 Å². The monoisotopic (exact) mass is 401 g/mol. The highest BCUT2D eigenvalue weighted by Gasteiger charge is 2.11. The van der Waals surface area contributed by atoms with Gasteiger partial charge in [0.25, 0.3) is 0 Å². The fourth-order valence-electron chi connectivity index (χ4n) is 1.91. The minimum Gasteiger partial charge on any atom is -0.378 e. The maximum Gasteiger partial charge on any atom is 0.0500 e. The van der Waals surface area contributed by atoms with Crippen LogP contribution in [-0.4, -0.2) is 0 Å². The van der Waals surface area contributed by atoms with Gasteiger partial charge in [0.1, 0.15) is 0 Å². The van der Waals surface area contributed by atoms with Crippen LogP contribution in [0.5, 0.6) is 0 Å². The first-order valence-corrected chi connectivity index (χ1v) is 7.91. The average Bonchev–Trinajstić information content (AvgIpc) is 2.33. The van der Waals surface area contributed by atoms with E-state index < -0.39 is 0 Å². The Morgan fingerprint density at radius 1 is 1.11 bits per heavy atom. The molecule has 0 aliphatic heterocycles. The summed E-state index contributed by atoms with van der Waals surface area (Å²) in [6.45, 7) is 4.18. The molecule has 1 nitrogen and oxygen atoms in total. The van der Waals surface area contributed by atoms with Crippen molar-refractivity contribution in [2.75, 3.05) is 5.32 Å². The molecule has 1 atom stereocenters. The molecule has 0 radical (unpaired) electrons. The van der Waals surface area contributed by atoms with E-state index in [9.17, 15) is 0 Å². The number of hydrogen-bond acceptors (Lipinski definition) is 1. The molecule has 0 aliphatic rings. The predicted octanol–water partition coefficient (Wildman–Crippen LogP) is 6.35. The van der Waals surface area contributed by atoms with Gasteiger partial charge >= 0.3 is 0 Å². The van der Waals surface area contributed by atoms with E-state index in [4.69, 9.17) is 11.6 Å². The Bertz CT molecular complexity index is 599. The van der Waals surface area contributed by atoms with Gasteiger partial charge < -0.3 is 5.32 Å². The third-order valence-electron chi connectivity index (χ3n) is 2.92. The Hall–Kier alpha value is -0.510. The summed E-state index contributed by atoms with van der Waals surface area (Å²) in [4.78, 5) is 0. The molecule has 2 rings (SSSR count). The Kier molecular flexibility index (Phi) is 4.93. The van der Waals surface area contributed by atoms with Gasteiger partial charge in [-0.2, -0.15) is 0 Å². The molecule has 0 fully saturated rings. The fourth-order valence-corrected chi connectivity index (χ4v) is 3.11. The van der Waals surface area contributed by atoms with Crippen molar-refractivity contribution < 1.29 is 0 Å². The van der Waals surface area contributed by atoms with Gasteiger partial charge in [-0.3, -0.25) is 0 Å². The Labute approximate surface area is 135 Å². The molecule has 0 saturated carbocycles. The summed E-state index contributed by atoms with van der Waals surface area (Å²) in [5.41, 5.74) is 3.38. The zero-order valence-electron chi connectivity index (χ0n) is 10.7. The van der Waals surface area contributed by atoms with Crippen LogP contribution in [0.2, 0.25) is 5.02 Å². The van der Waals surface area contributed by atoms with E-state index in [2.05, 4.69) is 63.2 Å². The summed E-state index contributed by atoms with van der Waals surface area (Å²) in [6, 6.07) is 12.3. The number of hydrogen-bond donors (Lipinski definition) is 1. The van der Waals surface area contributed by atoms with Gasteiger partial charge in [0.2, 0.25) is 0 Å². The summed E-state index contributed by atoms with van der Waals surface area (Å²) < 4.78 is 2.04. The van der Waals surface area contributed by atoms with E-state index >= 15 is 0 Å². The molecular weight excluding hydrogens is 389 g/mol. The van der Waals surface area contributed by atoms with E-state index in [-0.39, 0.29) is 6.04 Å². The number of halogens is 3. The first-order valence-electron chi connectivity index (χ1n) is 5.95. The van der Waals surface area contributed by atoms with E-state index in [0.29, 0.717) is 0 Å². The van der Waals surface area contributed by atoms with E-state index in [1.54, 1.807) is 0 Å². The Morgan fingerprint density at radius 2 is 1.84 bits per heavy atom. The van der Waals surface area contributed by atoms with Crippen LogP contribution in [0.3, 0.4) is 0 Å². The Balaban J connectivity index is 2.25. The van der Waals surface area contributed by atoms with Crippen LogP contribution in [0, 0.1) is 6.92 Å². The van der Waals surface area contributed by atoms with E-state index in [1.165, 1.54) is 5.56 Å². The van der Waals surface area contributed by atoms with Crippen LogP contribution >= 0.6 is 43.5 Å².